The van der Waals surface area contributed by atoms with E-state index in [1.54, 1.807) is 29.0 Å². The van der Waals surface area contributed by atoms with E-state index >= 15 is 0 Å². The molecule has 0 spiro atoms. The first kappa shape index (κ1) is 13.1. The van der Waals surface area contributed by atoms with Crippen LogP contribution in [-0.4, -0.2) is 24.6 Å². The lowest BCUT2D eigenvalue weighted by molar-refractivity contribution is 0.949. The molecule has 0 atom stereocenters. The minimum atomic E-state index is 0.527. The molecule has 0 unspecified atom stereocenters. The van der Waals surface area contributed by atoms with Gasteiger partial charge >= 0.3 is 0 Å². The molecule has 0 saturated carbocycles. The summed E-state index contributed by atoms with van der Waals surface area (Å²) in [5.41, 5.74) is 4.18. The van der Waals surface area contributed by atoms with Gasteiger partial charge in [-0.1, -0.05) is 12.1 Å². The Morgan fingerprint density at radius 3 is 2.48 bits per heavy atom. The molecule has 0 aliphatic heterocycles. The van der Waals surface area contributed by atoms with Crippen molar-refractivity contribution in [2.45, 2.75) is 0 Å². The van der Waals surface area contributed by atoms with Gasteiger partial charge in [0.25, 0.3) is 5.78 Å². The highest BCUT2D eigenvalue weighted by atomic mass is 15.3. The van der Waals surface area contributed by atoms with Gasteiger partial charge < -0.3 is 0 Å². The minimum Gasteiger partial charge on any atom is -0.265 e. The van der Waals surface area contributed by atoms with Crippen LogP contribution in [0.3, 0.4) is 0 Å². The molecule has 6 nitrogen and oxygen atoms in total. The third kappa shape index (κ3) is 2.30. The molecule has 4 rings (SSSR count). The maximum atomic E-state index is 8.94. The van der Waals surface area contributed by atoms with Gasteiger partial charge in [0.05, 0.1) is 23.0 Å². The Balaban J connectivity index is 1.94. The van der Waals surface area contributed by atoms with Crippen LogP contribution in [0.4, 0.5) is 0 Å². The third-order valence-electron chi connectivity index (χ3n) is 3.54. The topological polar surface area (TPSA) is 79.8 Å². The number of rotatable bonds is 2. The summed E-state index contributed by atoms with van der Waals surface area (Å²) < 4.78 is 1.69. The lowest BCUT2D eigenvalue weighted by atomic mass is 10.1. The maximum Gasteiger partial charge on any atom is 0.253 e. The number of hydrogen-bond acceptors (Lipinski definition) is 5. The van der Waals surface area contributed by atoms with Crippen LogP contribution in [0.25, 0.3) is 28.3 Å². The smallest absolute Gasteiger partial charge is 0.253 e. The van der Waals surface area contributed by atoms with Crippen LogP contribution in [0.2, 0.25) is 0 Å². The predicted molar refractivity (Wildman–Crippen MR) is 84.2 cm³/mol. The lowest BCUT2D eigenvalue weighted by Gasteiger charge is -2.07. The Bertz CT molecular complexity index is 1010. The number of benzene rings is 1. The zero-order chi connectivity index (χ0) is 15.6. The van der Waals surface area contributed by atoms with E-state index in [1.807, 2.05) is 30.3 Å². The first-order chi connectivity index (χ1) is 11.3. The summed E-state index contributed by atoms with van der Waals surface area (Å²) in [7, 11) is 0. The summed E-state index contributed by atoms with van der Waals surface area (Å²) in [4.78, 5) is 12.8. The highest BCUT2D eigenvalue weighted by molar-refractivity contribution is 5.70. The van der Waals surface area contributed by atoms with Gasteiger partial charge in [0, 0.05) is 23.5 Å². The second-order valence-electron chi connectivity index (χ2n) is 4.92. The van der Waals surface area contributed by atoms with Gasteiger partial charge in [0.1, 0.15) is 6.33 Å². The highest BCUT2D eigenvalue weighted by Gasteiger charge is 2.11. The summed E-state index contributed by atoms with van der Waals surface area (Å²) in [5.74, 6) is 0.527. The molecule has 0 amide bonds. The number of nitrogens with zero attached hydrogens (tertiary/aromatic N) is 6. The van der Waals surface area contributed by atoms with Gasteiger partial charge in [-0.25, -0.2) is 4.98 Å². The average Bonchev–Trinajstić information content (AvgIpc) is 3.10. The van der Waals surface area contributed by atoms with Crippen molar-refractivity contribution in [1.29, 1.82) is 5.26 Å². The van der Waals surface area contributed by atoms with Crippen molar-refractivity contribution >= 4 is 5.78 Å². The fourth-order valence-corrected chi connectivity index (χ4v) is 2.40. The molecule has 0 aliphatic carbocycles. The van der Waals surface area contributed by atoms with Crippen molar-refractivity contribution in [2.75, 3.05) is 0 Å². The molecule has 23 heavy (non-hydrogen) atoms. The Hall–Kier alpha value is -3.59. The van der Waals surface area contributed by atoms with E-state index in [0.29, 0.717) is 11.3 Å². The summed E-state index contributed by atoms with van der Waals surface area (Å²) >= 11 is 0. The van der Waals surface area contributed by atoms with E-state index < -0.39 is 0 Å². The van der Waals surface area contributed by atoms with Crippen molar-refractivity contribution in [3.05, 3.63) is 66.7 Å². The second-order valence-corrected chi connectivity index (χ2v) is 4.92. The van der Waals surface area contributed by atoms with Crippen LogP contribution in [0, 0.1) is 11.3 Å². The van der Waals surface area contributed by atoms with E-state index in [1.165, 1.54) is 6.33 Å². The average molecular weight is 298 g/mol. The maximum absolute atomic E-state index is 8.94. The standard InChI is InChI=1S/C17H10N6/c18-10-12-1-3-14(4-2-12)16-9-15(13-5-7-19-8-6-13)22-17-20-11-21-23(16)17/h1-9,11H. The van der Waals surface area contributed by atoms with E-state index in [-0.39, 0.29) is 0 Å². The number of hydrogen-bond donors (Lipinski definition) is 0. The molecule has 6 heteroatoms. The van der Waals surface area contributed by atoms with Crippen molar-refractivity contribution in [3.8, 4) is 28.6 Å². The van der Waals surface area contributed by atoms with Crippen molar-refractivity contribution in [1.82, 2.24) is 24.6 Å². The van der Waals surface area contributed by atoms with Crippen molar-refractivity contribution < 1.29 is 0 Å². The van der Waals surface area contributed by atoms with Gasteiger partial charge in [-0.2, -0.15) is 19.9 Å². The SMILES string of the molecule is N#Cc1ccc(-c2cc(-c3ccncc3)nc3ncnn23)cc1. The molecular formula is C17H10N6. The largest absolute Gasteiger partial charge is 0.265 e. The molecule has 0 aliphatic rings. The molecule has 0 N–H and O–H groups in total. The zero-order valence-corrected chi connectivity index (χ0v) is 12.0. The van der Waals surface area contributed by atoms with E-state index in [0.717, 1.165) is 22.5 Å². The predicted octanol–water partition coefficient (Wildman–Crippen LogP) is 2.72. The van der Waals surface area contributed by atoms with Crippen LogP contribution >= 0.6 is 0 Å². The van der Waals surface area contributed by atoms with Gasteiger partial charge in [-0.15, -0.1) is 0 Å². The second kappa shape index (κ2) is 5.31. The number of pyridine rings is 1. The van der Waals surface area contributed by atoms with Crippen LogP contribution in [0.15, 0.2) is 61.2 Å². The molecule has 0 bridgehead atoms. The van der Waals surface area contributed by atoms with E-state index in [9.17, 15) is 0 Å². The molecule has 0 saturated heterocycles. The molecular weight excluding hydrogens is 288 g/mol. The van der Waals surface area contributed by atoms with Crippen molar-refractivity contribution in [3.63, 3.8) is 0 Å². The summed E-state index contributed by atoms with van der Waals surface area (Å²) in [6, 6.07) is 15.2. The van der Waals surface area contributed by atoms with Crippen LogP contribution < -0.4 is 0 Å². The fourth-order valence-electron chi connectivity index (χ4n) is 2.40. The third-order valence-corrected chi connectivity index (χ3v) is 3.54. The first-order valence-corrected chi connectivity index (χ1v) is 6.97. The molecule has 108 valence electrons. The number of nitriles is 1. The normalized spacial score (nSPS) is 10.6. The number of fused-ring (bicyclic) bond motifs is 1. The first-order valence-electron chi connectivity index (χ1n) is 6.97. The monoisotopic (exact) mass is 298 g/mol. The van der Waals surface area contributed by atoms with E-state index in [2.05, 4.69) is 26.1 Å². The Morgan fingerprint density at radius 1 is 0.957 bits per heavy atom. The van der Waals surface area contributed by atoms with Gasteiger partial charge in [-0.05, 0) is 30.3 Å². The quantitative estimate of drug-likeness (QED) is 0.568. The lowest BCUT2D eigenvalue weighted by Crippen LogP contribution is -1.98. The van der Waals surface area contributed by atoms with Gasteiger partial charge in [0.2, 0.25) is 0 Å². The number of aromatic nitrogens is 5. The van der Waals surface area contributed by atoms with Gasteiger partial charge in [-0.3, -0.25) is 4.98 Å². The molecule has 0 radical (unpaired) electrons. The molecule has 3 aromatic heterocycles. The summed E-state index contributed by atoms with van der Waals surface area (Å²) in [6.07, 6.45) is 4.94. The Kier molecular flexibility index (Phi) is 3.03. The molecule has 3 heterocycles. The van der Waals surface area contributed by atoms with Gasteiger partial charge in [0.15, 0.2) is 0 Å². The summed E-state index contributed by atoms with van der Waals surface area (Å²) in [6.45, 7) is 0. The van der Waals surface area contributed by atoms with Crippen LogP contribution in [0.1, 0.15) is 5.56 Å². The molecule has 1 aromatic carbocycles. The minimum absolute atomic E-state index is 0.527. The highest BCUT2D eigenvalue weighted by Crippen LogP contribution is 2.25. The van der Waals surface area contributed by atoms with E-state index in [4.69, 9.17) is 5.26 Å². The molecule has 4 aromatic rings. The molecule has 0 fully saturated rings. The van der Waals surface area contributed by atoms with Crippen LogP contribution in [-0.2, 0) is 0 Å². The zero-order valence-electron chi connectivity index (χ0n) is 12.0. The Morgan fingerprint density at radius 2 is 1.74 bits per heavy atom. The fraction of sp³-hybridized carbons (Fsp3) is 0. The van der Waals surface area contributed by atoms with Crippen LogP contribution in [0.5, 0.6) is 0 Å². The Labute approximate surface area is 131 Å². The summed E-state index contributed by atoms with van der Waals surface area (Å²) in [5, 5.41) is 13.2. The van der Waals surface area contributed by atoms with Crippen molar-refractivity contribution in [2.24, 2.45) is 0 Å².